The van der Waals surface area contributed by atoms with E-state index >= 15 is 0 Å². The lowest BCUT2D eigenvalue weighted by atomic mass is 9.88. The lowest BCUT2D eigenvalue weighted by molar-refractivity contribution is 0.212. The predicted octanol–water partition coefficient (Wildman–Crippen LogP) is 2.71. The van der Waals surface area contributed by atoms with Gasteiger partial charge in [0.05, 0.1) is 0 Å². The number of hydrogen-bond donors (Lipinski definition) is 2. The van der Waals surface area contributed by atoms with Crippen LogP contribution in [0.25, 0.3) is 0 Å². The summed E-state index contributed by atoms with van der Waals surface area (Å²) in [7, 11) is 2.22. The highest BCUT2D eigenvalue weighted by molar-refractivity contribution is 4.75. The quantitative estimate of drug-likeness (QED) is 0.642. The second-order valence-corrected chi connectivity index (χ2v) is 7.87. The second-order valence-electron chi connectivity index (χ2n) is 7.87. The van der Waals surface area contributed by atoms with Crippen LogP contribution in [-0.4, -0.2) is 44.2 Å². The van der Waals surface area contributed by atoms with E-state index in [0.717, 1.165) is 26.2 Å². The molecular weight excluding hydrogens is 234 g/mol. The molecule has 0 aliphatic rings. The van der Waals surface area contributed by atoms with Crippen molar-refractivity contribution >= 4 is 0 Å². The van der Waals surface area contributed by atoms with E-state index in [2.05, 4.69) is 58.8 Å². The van der Waals surface area contributed by atoms with Gasteiger partial charge in [-0.2, -0.15) is 0 Å². The lowest BCUT2D eigenvalue weighted by Crippen LogP contribution is -2.37. The third-order valence-electron chi connectivity index (χ3n) is 3.88. The number of nitrogens with two attached hydrogens (primary N) is 1. The molecule has 116 valence electrons. The van der Waals surface area contributed by atoms with Crippen molar-refractivity contribution in [2.75, 3.05) is 33.2 Å². The van der Waals surface area contributed by atoms with E-state index in [-0.39, 0.29) is 5.41 Å². The van der Waals surface area contributed by atoms with Gasteiger partial charge in [0.25, 0.3) is 0 Å². The van der Waals surface area contributed by atoms with Gasteiger partial charge in [-0.3, -0.25) is 0 Å². The Bertz CT molecular complexity index is 234. The summed E-state index contributed by atoms with van der Waals surface area (Å²) in [5, 5.41) is 3.54. The maximum Gasteiger partial charge on any atom is 0.00106 e. The average Bonchev–Trinajstić information content (AvgIpc) is 2.32. The highest BCUT2D eigenvalue weighted by atomic mass is 15.1. The van der Waals surface area contributed by atoms with Crippen molar-refractivity contribution in [3.05, 3.63) is 0 Å². The molecule has 0 fully saturated rings. The van der Waals surface area contributed by atoms with Crippen LogP contribution >= 0.6 is 0 Å². The number of rotatable bonds is 10. The van der Waals surface area contributed by atoms with E-state index in [0.29, 0.717) is 11.5 Å². The van der Waals surface area contributed by atoms with Gasteiger partial charge in [-0.05, 0) is 50.4 Å². The van der Waals surface area contributed by atoms with Gasteiger partial charge < -0.3 is 16.0 Å². The number of hydrogen-bond acceptors (Lipinski definition) is 3. The molecule has 19 heavy (non-hydrogen) atoms. The Labute approximate surface area is 121 Å². The summed E-state index contributed by atoms with van der Waals surface area (Å²) in [6.07, 6.45) is 2.40. The van der Waals surface area contributed by atoms with Gasteiger partial charge in [0.15, 0.2) is 0 Å². The molecule has 0 heterocycles. The highest BCUT2D eigenvalue weighted by Gasteiger charge is 2.20. The van der Waals surface area contributed by atoms with E-state index in [1.165, 1.54) is 12.8 Å². The molecule has 0 aromatic carbocycles. The number of nitrogens with one attached hydrogen (secondary N) is 1. The van der Waals surface area contributed by atoms with Gasteiger partial charge >= 0.3 is 0 Å². The summed E-state index contributed by atoms with van der Waals surface area (Å²) in [5.41, 5.74) is 6.41. The van der Waals surface area contributed by atoms with Gasteiger partial charge in [-0.15, -0.1) is 0 Å². The minimum atomic E-state index is 0.267. The zero-order valence-corrected chi connectivity index (χ0v) is 14.3. The van der Waals surface area contributed by atoms with Crippen LogP contribution in [0.3, 0.4) is 0 Å². The molecule has 3 heteroatoms. The van der Waals surface area contributed by atoms with Gasteiger partial charge in [-0.1, -0.05) is 41.5 Å². The molecule has 3 N–H and O–H groups in total. The van der Waals surface area contributed by atoms with Crippen LogP contribution in [0.2, 0.25) is 0 Å². The van der Waals surface area contributed by atoms with Crippen molar-refractivity contribution < 1.29 is 0 Å². The smallest absolute Gasteiger partial charge is 0.00106 e. The molecule has 0 rings (SSSR count). The van der Waals surface area contributed by atoms with Crippen LogP contribution in [0.15, 0.2) is 0 Å². The van der Waals surface area contributed by atoms with E-state index in [9.17, 15) is 0 Å². The zero-order valence-electron chi connectivity index (χ0n) is 14.3. The minimum absolute atomic E-state index is 0.267. The standard InChI is InChI=1S/C16H37N3/c1-14(2)18-13-16(5,6)9-11-19(7)10-8-15(3,4)12-17/h14,18H,8-13,17H2,1-7H3. The Hall–Kier alpha value is -0.120. The molecule has 3 nitrogen and oxygen atoms in total. The normalized spacial score (nSPS) is 13.6. The summed E-state index contributed by atoms with van der Waals surface area (Å²) >= 11 is 0. The SMILES string of the molecule is CC(C)NCC(C)(C)CCN(C)CCC(C)(C)CN. The fourth-order valence-corrected chi connectivity index (χ4v) is 1.77. The van der Waals surface area contributed by atoms with Gasteiger partial charge in [0.1, 0.15) is 0 Å². The van der Waals surface area contributed by atoms with E-state index in [1.54, 1.807) is 0 Å². The fourth-order valence-electron chi connectivity index (χ4n) is 1.77. The molecule has 0 unspecified atom stereocenters. The topological polar surface area (TPSA) is 41.3 Å². The van der Waals surface area contributed by atoms with Crippen molar-refractivity contribution in [2.24, 2.45) is 16.6 Å². The number of nitrogens with zero attached hydrogens (tertiary/aromatic N) is 1. The van der Waals surface area contributed by atoms with Crippen LogP contribution in [0.5, 0.6) is 0 Å². The van der Waals surface area contributed by atoms with Crippen molar-refractivity contribution in [3.8, 4) is 0 Å². The van der Waals surface area contributed by atoms with Gasteiger partial charge in [-0.25, -0.2) is 0 Å². The second kappa shape index (κ2) is 8.23. The first-order valence-corrected chi connectivity index (χ1v) is 7.70. The largest absolute Gasteiger partial charge is 0.330 e. The molecule has 0 spiro atoms. The summed E-state index contributed by atoms with van der Waals surface area (Å²) < 4.78 is 0. The molecule has 0 radical (unpaired) electrons. The molecule has 0 bridgehead atoms. The summed E-state index contributed by atoms with van der Waals surface area (Å²) in [6, 6.07) is 0.572. The van der Waals surface area contributed by atoms with E-state index < -0.39 is 0 Å². The Kier molecular flexibility index (Phi) is 8.18. The van der Waals surface area contributed by atoms with Crippen LogP contribution in [0.1, 0.15) is 54.4 Å². The molecule has 0 aliphatic heterocycles. The first-order valence-electron chi connectivity index (χ1n) is 7.70. The van der Waals surface area contributed by atoms with E-state index in [1.807, 2.05) is 0 Å². The Morgan fingerprint density at radius 2 is 1.47 bits per heavy atom. The molecule has 0 aromatic rings. The van der Waals surface area contributed by atoms with Crippen molar-refractivity contribution in [1.29, 1.82) is 0 Å². The molecule has 0 atom stereocenters. The molecule has 0 aliphatic carbocycles. The Balaban J connectivity index is 3.91. The zero-order chi connectivity index (χ0) is 15.1. The fraction of sp³-hybridized carbons (Fsp3) is 1.00. The molecular formula is C16H37N3. The first kappa shape index (κ1) is 18.9. The van der Waals surface area contributed by atoms with Crippen molar-refractivity contribution in [2.45, 2.75) is 60.4 Å². The van der Waals surface area contributed by atoms with Crippen molar-refractivity contribution in [1.82, 2.24) is 10.2 Å². The van der Waals surface area contributed by atoms with Crippen molar-refractivity contribution in [3.63, 3.8) is 0 Å². The van der Waals surface area contributed by atoms with Gasteiger partial charge in [0.2, 0.25) is 0 Å². The maximum absolute atomic E-state index is 5.78. The van der Waals surface area contributed by atoms with Gasteiger partial charge in [0, 0.05) is 12.6 Å². The maximum atomic E-state index is 5.78. The van der Waals surface area contributed by atoms with Crippen LogP contribution in [0.4, 0.5) is 0 Å². The lowest BCUT2D eigenvalue weighted by Gasteiger charge is -2.30. The van der Waals surface area contributed by atoms with Crippen LogP contribution in [-0.2, 0) is 0 Å². The average molecular weight is 271 g/mol. The summed E-state index contributed by atoms with van der Waals surface area (Å²) in [4.78, 5) is 2.44. The van der Waals surface area contributed by atoms with Crippen LogP contribution in [0, 0.1) is 10.8 Å². The molecule has 0 aromatic heterocycles. The Morgan fingerprint density at radius 3 is 1.89 bits per heavy atom. The monoisotopic (exact) mass is 271 g/mol. The highest BCUT2D eigenvalue weighted by Crippen LogP contribution is 2.21. The summed E-state index contributed by atoms with van der Waals surface area (Å²) in [5.74, 6) is 0. The third kappa shape index (κ3) is 10.3. The van der Waals surface area contributed by atoms with Crippen LogP contribution < -0.4 is 11.1 Å². The van der Waals surface area contributed by atoms with E-state index in [4.69, 9.17) is 5.73 Å². The molecule has 0 saturated heterocycles. The summed E-state index contributed by atoms with van der Waals surface area (Å²) in [6.45, 7) is 17.8. The first-order chi connectivity index (χ1) is 8.58. The third-order valence-corrected chi connectivity index (χ3v) is 3.88. The predicted molar refractivity (Wildman–Crippen MR) is 86.5 cm³/mol. The Morgan fingerprint density at radius 1 is 1.00 bits per heavy atom. The minimum Gasteiger partial charge on any atom is -0.330 e. The molecule has 0 saturated carbocycles. The molecule has 0 amide bonds.